The molecule has 148 valence electrons. The van der Waals surface area contributed by atoms with Crippen LogP contribution in [-0.2, 0) is 0 Å². The third-order valence-electron chi connectivity index (χ3n) is 5.45. The van der Waals surface area contributed by atoms with E-state index in [1.54, 1.807) is 0 Å². The fourth-order valence-corrected chi connectivity index (χ4v) is 3.95. The van der Waals surface area contributed by atoms with Gasteiger partial charge in [0.25, 0.3) is 0 Å². The van der Waals surface area contributed by atoms with Gasteiger partial charge in [0.05, 0.1) is 0 Å². The molecule has 2 aliphatic rings. The number of hydrogen-bond donors (Lipinski definition) is 2. The van der Waals surface area contributed by atoms with Gasteiger partial charge in [-0.05, 0) is 48.2 Å². The Morgan fingerprint density at radius 3 is 2.22 bits per heavy atom. The van der Waals surface area contributed by atoms with Gasteiger partial charge in [0.15, 0.2) is 0 Å². The number of nitrogens with two attached hydrogens (primary N) is 1. The molecule has 0 aromatic heterocycles. The molecule has 1 aliphatic heterocycles. The van der Waals surface area contributed by atoms with E-state index < -0.39 is 0 Å². The van der Waals surface area contributed by atoms with Crippen LogP contribution in [0, 0.1) is 0 Å². The van der Waals surface area contributed by atoms with Gasteiger partial charge in [-0.25, -0.2) is 0 Å². The molecule has 6 heteroatoms. The van der Waals surface area contributed by atoms with E-state index in [9.17, 15) is 0 Å². The molecule has 2 fully saturated rings. The Hall–Kier alpha value is -0.810. The van der Waals surface area contributed by atoms with Crippen molar-refractivity contribution in [1.29, 1.82) is 0 Å². The van der Waals surface area contributed by atoms with Gasteiger partial charge in [-0.1, -0.05) is 48.0 Å². The molecular weight excluding hydrogens is 401 g/mol. The van der Waals surface area contributed by atoms with Crippen molar-refractivity contribution >= 4 is 36.4 Å². The highest BCUT2D eigenvalue weighted by atomic mass is 35.5. The predicted octanol–water partition coefficient (Wildman–Crippen LogP) is 4.33. The monoisotopic (exact) mass is 427 g/mol. The minimum atomic E-state index is 0. The summed E-state index contributed by atoms with van der Waals surface area (Å²) in [6.45, 7) is 4.40. The third kappa shape index (κ3) is 5.83. The van der Waals surface area contributed by atoms with Crippen LogP contribution in [0.2, 0.25) is 5.02 Å². The molecule has 1 aliphatic carbocycles. The average molecular weight is 429 g/mol. The van der Waals surface area contributed by atoms with Crippen LogP contribution in [-0.4, -0.2) is 43.2 Å². The summed E-state index contributed by atoms with van der Waals surface area (Å²) in [5.41, 5.74) is 9.86. The van der Waals surface area contributed by atoms with E-state index in [2.05, 4.69) is 46.6 Å². The zero-order valence-corrected chi connectivity index (χ0v) is 17.7. The van der Waals surface area contributed by atoms with E-state index in [1.165, 1.54) is 23.1 Å². The van der Waals surface area contributed by atoms with Crippen molar-refractivity contribution in [2.45, 2.75) is 30.8 Å². The van der Waals surface area contributed by atoms with Gasteiger partial charge in [0, 0.05) is 42.7 Å². The summed E-state index contributed by atoms with van der Waals surface area (Å²) in [6, 6.07) is 18.0. The maximum atomic E-state index is 5.96. The van der Waals surface area contributed by atoms with E-state index in [0.29, 0.717) is 18.0 Å². The Morgan fingerprint density at radius 2 is 1.63 bits per heavy atom. The Kier molecular flexibility index (Phi) is 8.41. The first kappa shape index (κ1) is 22.5. The lowest BCUT2D eigenvalue weighted by molar-refractivity contribution is 0.331. The SMILES string of the molecule is Cl.Cl.N[C@@H]1CCN(CCN[C@H]2CC2c2ccc(-c3ccc(Cl)cc3)cc2)C1. The van der Waals surface area contributed by atoms with Gasteiger partial charge in [-0.2, -0.15) is 0 Å². The second kappa shape index (κ2) is 10.1. The maximum absolute atomic E-state index is 5.96. The average Bonchev–Trinajstić information content (AvgIpc) is 3.28. The van der Waals surface area contributed by atoms with E-state index in [0.717, 1.165) is 37.6 Å². The highest BCUT2D eigenvalue weighted by Gasteiger charge is 2.37. The van der Waals surface area contributed by atoms with Crippen molar-refractivity contribution in [1.82, 2.24) is 10.2 Å². The van der Waals surface area contributed by atoms with Crippen molar-refractivity contribution in [3.8, 4) is 11.1 Å². The normalized spacial score (nSPS) is 24.1. The Labute approximate surface area is 179 Å². The van der Waals surface area contributed by atoms with Crippen LogP contribution in [0.25, 0.3) is 11.1 Å². The summed E-state index contributed by atoms with van der Waals surface area (Å²) in [7, 11) is 0. The van der Waals surface area contributed by atoms with Crippen LogP contribution < -0.4 is 11.1 Å². The molecule has 3 N–H and O–H groups in total. The van der Waals surface area contributed by atoms with Crippen LogP contribution in [0.1, 0.15) is 24.3 Å². The van der Waals surface area contributed by atoms with Gasteiger partial charge < -0.3 is 16.0 Å². The van der Waals surface area contributed by atoms with Gasteiger partial charge in [0.1, 0.15) is 0 Å². The molecule has 0 spiro atoms. The number of hydrogen-bond acceptors (Lipinski definition) is 3. The minimum Gasteiger partial charge on any atom is -0.326 e. The fourth-order valence-electron chi connectivity index (χ4n) is 3.83. The molecule has 0 radical (unpaired) electrons. The second-order valence-electron chi connectivity index (χ2n) is 7.38. The number of nitrogens with one attached hydrogen (secondary N) is 1. The van der Waals surface area contributed by atoms with Crippen LogP contribution in [0.3, 0.4) is 0 Å². The fraction of sp³-hybridized carbons (Fsp3) is 0.429. The van der Waals surface area contributed by atoms with E-state index in [-0.39, 0.29) is 24.8 Å². The van der Waals surface area contributed by atoms with Gasteiger partial charge in [-0.15, -0.1) is 24.8 Å². The lowest BCUT2D eigenvalue weighted by atomic mass is 10.0. The number of halogens is 3. The first-order valence-corrected chi connectivity index (χ1v) is 9.64. The number of nitrogens with zero attached hydrogens (tertiary/aromatic N) is 1. The molecule has 0 bridgehead atoms. The number of rotatable bonds is 6. The van der Waals surface area contributed by atoms with Crippen molar-refractivity contribution in [3.05, 3.63) is 59.1 Å². The topological polar surface area (TPSA) is 41.3 Å². The molecule has 1 unspecified atom stereocenters. The molecule has 27 heavy (non-hydrogen) atoms. The molecule has 3 atom stereocenters. The van der Waals surface area contributed by atoms with Crippen LogP contribution >= 0.6 is 36.4 Å². The quantitative estimate of drug-likeness (QED) is 0.719. The van der Waals surface area contributed by atoms with E-state index in [1.807, 2.05) is 12.1 Å². The summed E-state index contributed by atoms with van der Waals surface area (Å²) >= 11 is 5.96. The first-order valence-electron chi connectivity index (χ1n) is 9.26. The summed E-state index contributed by atoms with van der Waals surface area (Å²) in [4.78, 5) is 2.47. The maximum Gasteiger partial charge on any atom is 0.0406 e. The van der Waals surface area contributed by atoms with Crippen LogP contribution in [0.4, 0.5) is 0 Å². The van der Waals surface area contributed by atoms with Gasteiger partial charge >= 0.3 is 0 Å². The molecule has 1 saturated heterocycles. The molecule has 3 nitrogen and oxygen atoms in total. The van der Waals surface area contributed by atoms with Crippen molar-refractivity contribution < 1.29 is 0 Å². The molecule has 1 heterocycles. The zero-order valence-electron chi connectivity index (χ0n) is 15.3. The lowest BCUT2D eigenvalue weighted by Gasteiger charge is -2.15. The second-order valence-corrected chi connectivity index (χ2v) is 7.82. The Bertz CT molecular complexity index is 706. The largest absolute Gasteiger partial charge is 0.326 e. The molecule has 4 rings (SSSR count). The Morgan fingerprint density at radius 1 is 1.00 bits per heavy atom. The van der Waals surface area contributed by atoms with Crippen LogP contribution in [0.15, 0.2) is 48.5 Å². The van der Waals surface area contributed by atoms with Crippen molar-refractivity contribution in [2.75, 3.05) is 26.2 Å². The van der Waals surface area contributed by atoms with E-state index >= 15 is 0 Å². The summed E-state index contributed by atoms with van der Waals surface area (Å²) in [5, 5.41) is 4.48. The molecule has 0 amide bonds. The van der Waals surface area contributed by atoms with Crippen molar-refractivity contribution in [3.63, 3.8) is 0 Å². The first-order chi connectivity index (χ1) is 12.2. The molecule has 1 saturated carbocycles. The number of likely N-dealkylation sites (tertiary alicyclic amines) is 1. The molecule has 2 aromatic rings. The summed E-state index contributed by atoms with van der Waals surface area (Å²) in [5.74, 6) is 0.667. The highest BCUT2D eigenvalue weighted by Crippen LogP contribution is 2.41. The number of benzene rings is 2. The standard InChI is InChI=1S/C21H26ClN3.2ClH/c22-18-7-5-16(6-8-18)15-1-3-17(4-2-15)20-13-21(20)24-10-12-25-11-9-19(23)14-25;;/h1-8,19-21,24H,9-14,23H2;2*1H/t19-,20?,21+;;/m1../s1. The van der Waals surface area contributed by atoms with Crippen LogP contribution in [0.5, 0.6) is 0 Å². The molecule has 2 aromatic carbocycles. The Balaban J connectivity index is 0.00000131. The predicted molar refractivity (Wildman–Crippen MR) is 120 cm³/mol. The highest BCUT2D eigenvalue weighted by molar-refractivity contribution is 6.30. The third-order valence-corrected chi connectivity index (χ3v) is 5.70. The van der Waals surface area contributed by atoms with Crippen molar-refractivity contribution in [2.24, 2.45) is 5.73 Å². The van der Waals surface area contributed by atoms with Gasteiger partial charge in [0.2, 0.25) is 0 Å². The molecular formula is C21H28Cl3N3. The summed E-state index contributed by atoms with van der Waals surface area (Å²) < 4.78 is 0. The van der Waals surface area contributed by atoms with E-state index in [4.69, 9.17) is 17.3 Å². The van der Waals surface area contributed by atoms with Gasteiger partial charge in [-0.3, -0.25) is 0 Å². The lowest BCUT2D eigenvalue weighted by Crippen LogP contribution is -2.33. The minimum absolute atomic E-state index is 0. The summed E-state index contributed by atoms with van der Waals surface area (Å²) in [6.07, 6.45) is 2.39. The smallest absolute Gasteiger partial charge is 0.0406 e. The zero-order chi connectivity index (χ0) is 17.2.